The first-order valence-electron chi connectivity index (χ1n) is 13.8. The third-order valence-electron chi connectivity index (χ3n) is 8.93. The van der Waals surface area contributed by atoms with Crippen LogP contribution in [0.25, 0.3) is 0 Å². The molecule has 1 heterocycles. The van der Waals surface area contributed by atoms with Crippen LogP contribution in [0.1, 0.15) is 27.8 Å². The molecule has 1 saturated heterocycles. The second kappa shape index (κ2) is 10.1. The maximum atomic E-state index is 14.6. The number of methoxy groups -OCH3 is 1. The molecule has 1 fully saturated rings. The molecule has 3 atom stereocenters. The molecule has 3 amide bonds. The molecule has 1 aliphatic heterocycles. The standard InChI is InChI=1S/C34H25Cl3N2O4/c1-43-27-16-15-20(35)18-25(27)38-30(40)26(17-19-9-3-2-4-10-19)39-31(41)28-29(32(39)42)34(37)22-12-6-5-11-21(22)33(28,36)23-13-7-8-14-24(23)34/h2-16,18,26,28-29H,17H2,1H3,(H,38,40)/t26-,28-,29+,33?,34?/m0/s1. The fraction of sp³-hybridized carbons (Fsp3) is 0.206. The Bertz CT molecular complexity index is 1690. The highest BCUT2D eigenvalue weighted by Gasteiger charge is 2.73. The van der Waals surface area contributed by atoms with Crippen molar-refractivity contribution in [3.8, 4) is 5.75 Å². The second-order valence-electron chi connectivity index (χ2n) is 11.1. The third kappa shape index (κ3) is 3.90. The normalized spacial score (nSPS) is 25.5. The van der Waals surface area contributed by atoms with Crippen molar-refractivity contribution in [1.29, 1.82) is 0 Å². The minimum atomic E-state index is -1.35. The zero-order valence-electron chi connectivity index (χ0n) is 22.9. The highest BCUT2D eigenvalue weighted by Crippen LogP contribution is 2.69. The lowest BCUT2D eigenvalue weighted by Crippen LogP contribution is -2.57. The Hall–Kier alpha value is -3.84. The van der Waals surface area contributed by atoms with Gasteiger partial charge in [0.15, 0.2) is 0 Å². The van der Waals surface area contributed by atoms with Crippen molar-refractivity contribution < 1.29 is 19.1 Å². The van der Waals surface area contributed by atoms with Crippen molar-refractivity contribution in [3.63, 3.8) is 0 Å². The molecule has 1 N–H and O–H groups in total. The minimum Gasteiger partial charge on any atom is -0.495 e. The van der Waals surface area contributed by atoms with Crippen LogP contribution < -0.4 is 10.1 Å². The summed E-state index contributed by atoms with van der Waals surface area (Å²) in [6.07, 6.45) is 0.0803. The second-order valence-corrected chi connectivity index (χ2v) is 12.7. The number of anilines is 1. The zero-order chi connectivity index (χ0) is 30.1. The van der Waals surface area contributed by atoms with Crippen molar-refractivity contribution in [2.75, 3.05) is 12.4 Å². The number of benzene rings is 4. The average molecular weight is 632 g/mol. The van der Waals surface area contributed by atoms with Crippen LogP contribution in [0.15, 0.2) is 97.1 Å². The van der Waals surface area contributed by atoms with Gasteiger partial charge >= 0.3 is 0 Å². The molecule has 4 aromatic rings. The summed E-state index contributed by atoms with van der Waals surface area (Å²) in [5.41, 5.74) is 3.87. The summed E-state index contributed by atoms with van der Waals surface area (Å²) >= 11 is 21.4. The Morgan fingerprint density at radius 3 is 1.79 bits per heavy atom. The van der Waals surface area contributed by atoms with Crippen molar-refractivity contribution in [3.05, 3.63) is 130 Å². The van der Waals surface area contributed by atoms with Gasteiger partial charge in [-0.3, -0.25) is 19.3 Å². The Morgan fingerprint density at radius 1 is 0.814 bits per heavy atom. The summed E-state index contributed by atoms with van der Waals surface area (Å²) < 4.78 is 5.42. The maximum Gasteiger partial charge on any atom is 0.248 e. The molecule has 4 aromatic carbocycles. The van der Waals surface area contributed by atoms with Gasteiger partial charge in [0.05, 0.1) is 24.6 Å². The Labute approximate surface area is 263 Å². The topological polar surface area (TPSA) is 75.7 Å². The molecule has 6 nitrogen and oxygen atoms in total. The summed E-state index contributed by atoms with van der Waals surface area (Å²) in [4.78, 5) is 41.7. The molecule has 4 aliphatic rings. The molecule has 9 heteroatoms. The molecule has 0 aromatic heterocycles. The van der Waals surface area contributed by atoms with E-state index in [0.717, 1.165) is 10.5 Å². The smallest absolute Gasteiger partial charge is 0.248 e. The number of carbonyl (C=O) groups excluding carboxylic acids is 3. The van der Waals surface area contributed by atoms with E-state index >= 15 is 0 Å². The lowest BCUT2D eigenvalue weighted by molar-refractivity contribution is -0.146. The van der Waals surface area contributed by atoms with Gasteiger partial charge in [0.1, 0.15) is 21.5 Å². The Morgan fingerprint density at radius 2 is 1.30 bits per heavy atom. The number of ether oxygens (including phenoxy) is 1. The Kier molecular flexibility index (Phi) is 6.58. The van der Waals surface area contributed by atoms with E-state index in [1.807, 2.05) is 78.9 Å². The van der Waals surface area contributed by atoms with E-state index in [1.54, 1.807) is 18.2 Å². The fourth-order valence-corrected chi connectivity index (χ4v) is 8.40. The van der Waals surface area contributed by atoms with Crippen LogP contribution in [-0.4, -0.2) is 35.8 Å². The van der Waals surface area contributed by atoms with Crippen molar-refractivity contribution in [2.24, 2.45) is 11.8 Å². The van der Waals surface area contributed by atoms with Gasteiger partial charge in [0, 0.05) is 11.4 Å². The van der Waals surface area contributed by atoms with Crippen LogP contribution in [0.4, 0.5) is 5.69 Å². The highest BCUT2D eigenvalue weighted by atomic mass is 35.5. The Balaban J connectivity index is 1.36. The average Bonchev–Trinajstić information content (AvgIpc) is 3.29. The first-order valence-corrected chi connectivity index (χ1v) is 15.0. The van der Waals surface area contributed by atoms with Crippen LogP contribution in [-0.2, 0) is 30.6 Å². The van der Waals surface area contributed by atoms with Gasteiger partial charge in [-0.1, -0.05) is 90.5 Å². The molecule has 0 spiro atoms. The SMILES string of the molecule is COc1ccc(Cl)cc1NC(=O)[C@H](Cc1ccccc1)N1C(=O)[C@@H]2[C@H](C1=O)C1(Cl)c3ccccc3C2(Cl)c2ccccc21. The van der Waals surface area contributed by atoms with Crippen LogP contribution in [0.5, 0.6) is 5.75 Å². The van der Waals surface area contributed by atoms with Gasteiger partial charge in [0.25, 0.3) is 0 Å². The van der Waals surface area contributed by atoms with Crippen molar-refractivity contribution >= 4 is 58.2 Å². The third-order valence-corrected chi connectivity index (χ3v) is 10.4. The number of nitrogens with zero attached hydrogens (tertiary/aromatic N) is 1. The number of hydrogen-bond donors (Lipinski definition) is 1. The predicted octanol–water partition coefficient (Wildman–Crippen LogP) is 6.49. The summed E-state index contributed by atoms with van der Waals surface area (Å²) in [6, 6.07) is 27.7. The molecular weight excluding hydrogens is 607 g/mol. The quantitative estimate of drug-likeness (QED) is 0.195. The van der Waals surface area contributed by atoms with E-state index in [9.17, 15) is 14.4 Å². The summed E-state index contributed by atoms with van der Waals surface area (Å²) in [6.45, 7) is 0. The number of nitrogens with one attached hydrogen (secondary N) is 1. The predicted molar refractivity (Wildman–Crippen MR) is 166 cm³/mol. The fourth-order valence-electron chi connectivity index (χ4n) is 7.13. The summed E-state index contributed by atoms with van der Waals surface area (Å²) in [7, 11) is 1.48. The largest absolute Gasteiger partial charge is 0.495 e. The van der Waals surface area contributed by atoms with Gasteiger partial charge in [-0.25, -0.2) is 0 Å². The van der Waals surface area contributed by atoms with E-state index in [4.69, 9.17) is 39.5 Å². The van der Waals surface area contributed by atoms with Crippen LogP contribution >= 0.6 is 34.8 Å². The number of amides is 3. The molecule has 0 saturated carbocycles. The van der Waals surface area contributed by atoms with E-state index < -0.39 is 45.3 Å². The number of alkyl halides is 2. The van der Waals surface area contributed by atoms with Crippen molar-refractivity contribution in [1.82, 2.24) is 4.90 Å². The van der Waals surface area contributed by atoms with E-state index in [0.29, 0.717) is 38.7 Å². The molecule has 3 aliphatic carbocycles. The molecule has 43 heavy (non-hydrogen) atoms. The van der Waals surface area contributed by atoms with Gasteiger partial charge in [0.2, 0.25) is 17.7 Å². The molecule has 0 radical (unpaired) electrons. The molecule has 8 rings (SSSR count). The summed E-state index contributed by atoms with van der Waals surface area (Å²) in [5, 5.41) is 3.24. The van der Waals surface area contributed by atoms with Crippen LogP contribution in [0, 0.1) is 11.8 Å². The molecule has 2 bridgehead atoms. The molecule has 216 valence electrons. The van der Waals surface area contributed by atoms with Gasteiger partial charge in [-0.05, 0) is 46.0 Å². The number of carbonyl (C=O) groups is 3. The van der Waals surface area contributed by atoms with Crippen LogP contribution in [0.2, 0.25) is 5.02 Å². The zero-order valence-corrected chi connectivity index (χ0v) is 25.2. The number of likely N-dealkylation sites (tertiary alicyclic amines) is 1. The lowest BCUT2D eigenvalue weighted by Gasteiger charge is -2.54. The maximum absolute atomic E-state index is 14.6. The number of hydrogen-bond acceptors (Lipinski definition) is 4. The first kappa shape index (κ1) is 28.0. The van der Waals surface area contributed by atoms with E-state index in [1.165, 1.54) is 7.11 Å². The van der Waals surface area contributed by atoms with E-state index in [2.05, 4.69) is 5.32 Å². The summed E-state index contributed by atoms with van der Waals surface area (Å²) in [5.74, 6) is -3.29. The van der Waals surface area contributed by atoms with Gasteiger partial charge < -0.3 is 10.1 Å². The monoisotopic (exact) mass is 630 g/mol. The minimum absolute atomic E-state index is 0.0803. The van der Waals surface area contributed by atoms with E-state index in [-0.39, 0.29) is 6.42 Å². The van der Waals surface area contributed by atoms with Crippen LogP contribution in [0.3, 0.4) is 0 Å². The number of imide groups is 1. The molecular formula is C34H25Cl3N2O4. The first-order chi connectivity index (χ1) is 20.7. The van der Waals surface area contributed by atoms with Crippen molar-refractivity contribution in [2.45, 2.75) is 22.2 Å². The number of rotatable bonds is 6. The lowest BCUT2D eigenvalue weighted by atomic mass is 9.54. The number of halogens is 3. The van der Waals surface area contributed by atoms with Gasteiger partial charge in [-0.15, -0.1) is 23.2 Å². The highest BCUT2D eigenvalue weighted by molar-refractivity contribution is 6.36. The van der Waals surface area contributed by atoms with Gasteiger partial charge in [-0.2, -0.15) is 0 Å². The molecule has 0 unspecified atom stereocenters.